The van der Waals surface area contributed by atoms with Gasteiger partial charge in [-0.1, -0.05) is 0 Å². The first-order chi connectivity index (χ1) is 11.3. The molecule has 0 aromatic heterocycles. The quantitative estimate of drug-likeness (QED) is 0.250. The summed E-state index contributed by atoms with van der Waals surface area (Å²) in [5.41, 5.74) is 6.74. The molecule has 0 atom stereocenters. The van der Waals surface area contributed by atoms with E-state index in [0.29, 0.717) is 5.69 Å². The Balaban J connectivity index is 2.46. The van der Waals surface area contributed by atoms with Crippen LogP contribution < -0.4 is 20.7 Å². The number of carbonyl (C=O) groups is 1. The van der Waals surface area contributed by atoms with Gasteiger partial charge in [-0.2, -0.15) is 0 Å². The van der Waals surface area contributed by atoms with Crippen molar-refractivity contribution in [1.82, 2.24) is 0 Å². The summed E-state index contributed by atoms with van der Waals surface area (Å²) in [5, 5.41) is 22.8. The van der Waals surface area contributed by atoms with E-state index in [9.17, 15) is 14.9 Å². The van der Waals surface area contributed by atoms with Crippen LogP contribution in [0, 0.1) is 10.1 Å². The average Bonchev–Trinajstić information content (AvgIpc) is 2.49. The summed E-state index contributed by atoms with van der Waals surface area (Å²) in [6.45, 7) is 0. The normalized spacial score (nSPS) is 10.1. The molecule has 0 aliphatic heterocycles. The zero-order valence-corrected chi connectivity index (χ0v) is 13.0. The van der Waals surface area contributed by atoms with E-state index in [-0.39, 0.29) is 28.5 Å². The Kier molecular flexibility index (Phi) is 4.73. The van der Waals surface area contributed by atoms with E-state index in [1.807, 2.05) is 0 Å². The molecule has 24 heavy (non-hydrogen) atoms. The van der Waals surface area contributed by atoms with Gasteiger partial charge in [0.2, 0.25) is 0 Å². The second kappa shape index (κ2) is 6.73. The number of nitrogen functional groups attached to an aromatic ring is 1. The lowest BCUT2D eigenvalue weighted by Gasteiger charge is -2.16. The van der Waals surface area contributed by atoms with E-state index in [4.69, 9.17) is 15.6 Å². The number of nitrogens with two attached hydrogens (primary N) is 1. The molecule has 0 amide bonds. The van der Waals surface area contributed by atoms with E-state index in [2.05, 4.69) is 5.32 Å². The first-order valence-corrected chi connectivity index (χ1v) is 6.81. The van der Waals surface area contributed by atoms with Crippen molar-refractivity contribution in [3.05, 3.63) is 46.5 Å². The van der Waals surface area contributed by atoms with Crippen LogP contribution in [0.25, 0.3) is 0 Å². The monoisotopic (exact) mass is 332 g/mol. The Morgan fingerprint density at radius 3 is 2.50 bits per heavy atom. The largest absolute Gasteiger partial charge is 0.511 e. The van der Waals surface area contributed by atoms with Crippen molar-refractivity contribution in [1.29, 1.82) is 0 Å². The van der Waals surface area contributed by atoms with Crippen molar-refractivity contribution < 1.29 is 19.6 Å². The smallest absolute Gasteiger partial charge is 0.449 e. The number of ether oxygens (including phenoxy) is 1. The Morgan fingerprint density at radius 2 is 1.92 bits per heavy atom. The van der Waals surface area contributed by atoms with Crippen molar-refractivity contribution in [3.63, 3.8) is 0 Å². The van der Waals surface area contributed by atoms with Crippen LogP contribution >= 0.6 is 0 Å². The second-order valence-electron chi connectivity index (χ2n) is 5.10. The number of nitro benzene ring substituents is 1. The first kappa shape index (κ1) is 16.9. The summed E-state index contributed by atoms with van der Waals surface area (Å²) in [5.74, 6) is 0.0276. The zero-order chi connectivity index (χ0) is 17.9. The molecule has 0 radical (unpaired) electrons. The standard InChI is InChI=1S/C15H16N4O5/c1-18(2)10-4-6-12(14(8-10)24-15(20)21)17-11-5-3-9(16)7-13(11)19(22)23/h3-8,17H,16H2,1-2H3,(H,20,21). The number of benzene rings is 2. The van der Waals surface area contributed by atoms with Crippen LogP contribution in [0.1, 0.15) is 0 Å². The SMILES string of the molecule is CN(C)c1ccc(Nc2ccc(N)cc2[N+](=O)[O-])c(OC(=O)O)c1. The maximum absolute atomic E-state index is 11.1. The van der Waals surface area contributed by atoms with Crippen molar-refractivity contribution in [2.24, 2.45) is 0 Å². The van der Waals surface area contributed by atoms with Gasteiger partial charge in [-0.05, 0) is 24.3 Å². The second-order valence-corrected chi connectivity index (χ2v) is 5.10. The summed E-state index contributed by atoms with van der Waals surface area (Å²) in [4.78, 5) is 23.2. The topological polar surface area (TPSA) is 131 Å². The highest BCUT2D eigenvalue weighted by Crippen LogP contribution is 2.35. The molecule has 0 spiro atoms. The number of hydrogen-bond acceptors (Lipinski definition) is 7. The van der Waals surface area contributed by atoms with E-state index < -0.39 is 11.1 Å². The van der Waals surface area contributed by atoms with Gasteiger partial charge in [0.1, 0.15) is 5.69 Å². The van der Waals surface area contributed by atoms with E-state index in [1.54, 1.807) is 31.1 Å². The molecular weight excluding hydrogens is 316 g/mol. The predicted molar refractivity (Wildman–Crippen MR) is 90.2 cm³/mol. The molecule has 2 aromatic carbocycles. The minimum Gasteiger partial charge on any atom is -0.449 e. The van der Waals surface area contributed by atoms with Gasteiger partial charge in [-0.15, -0.1) is 0 Å². The molecule has 0 aliphatic carbocycles. The minimum atomic E-state index is -1.49. The van der Waals surface area contributed by atoms with E-state index in [0.717, 1.165) is 0 Å². The van der Waals surface area contributed by atoms with Crippen LogP contribution in [-0.2, 0) is 0 Å². The number of hydrogen-bond donors (Lipinski definition) is 3. The summed E-state index contributed by atoms with van der Waals surface area (Å²) in [6, 6.07) is 8.97. The molecule has 2 aromatic rings. The molecular formula is C15H16N4O5. The number of nitrogens with zero attached hydrogens (tertiary/aromatic N) is 2. The third-order valence-corrected chi connectivity index (χ3v) is 3.17. The summed E-state index contributed by atoms with van der Waals surface area (Å²) in [7, 11) is 3.58. The molecule has 0 unspecified atom stereocenters. The lowest BCUT2D eigenvalue weighted by Crippen LogP contribution is -2.11. The zero-order valence-electron chi connectivity index (χ0n) is 13.0. The van der Waals surface area contributed by atoms with Gasteiger partial charge in [0.25, 0.3) is 5.69 Å². The highest BCUT2D eigenvalue weighted by molar-refractivity contribution is 5.78. The molecule has 0 saturated heterocycles. The molecule has 9 heteroatoms. The summed E-state index contributed by atoms with van der Waals surface area (Å²) < 4.78 is 4.77. The Hall–Kier alpha value is -3.49. The van der Waals surface area contributed by atoms with Gasteiger partial charge in [-0.25, -0.2) is 4.79 Å². The average molecular weight is 332 g/mol. The first-order valence-electron chi connectivity index (χ1n) is 6.81. The Morgan fingerprint density at radius 1 is 1.25 bits per heavy atom. The Bertz CT molecular complexity index is 791. The lowest BCUT2D eigenvalue weighted by molar-refractivity contribution is -0.383. The maximum atomic E-state index is 11.1. The molecule has 0 heterocycles. The lowest BCUT2D eigenvalue weighted by atomic mass is 10.2. The highest BCUT2D eigenvalue weighted by atomic mass is 16.7. The molecule has 2 rings (SSSR count). The fourth-order valence-corrected chi connectivity index (χ4v) is 2.02. The number of rotatable bonds is 5. The van der Waals surface area contributed by atoms with Gasteiger partial charge >= 0.3 is 6.16 Å². The highest BCUT2D eigenvalue weighted by Gasteiger charge is 2.17. The van der Waals surface area contributed by atoms with Gasteiger partial charge < -0.3 is 25.8 Å². The van der Waals surface area contributed by atoms with Crippen LogP contribution in [-0.4, -0.2) is 30.3 Å². The van der Waals surface area contributed by atoms with Gasteiger partial charge in [-0.3, -0.25) is 10.1 Å². The fraction of sp³-hybridized carbons (Fsp3) is 0.133. The van der Waals surface area contributed by atoms with Crippen LogP contribution in [0.3, 0.4) is 0 Å². The predicted octanol–water partition coefficient (Wildman–Crippen LogP) is 3.04. The molecule has 0 fully saturated rings. The van der Waals surface area contributed by atoms with Gasteiger partial charge in [0, 0.05) is 37.6 Å². The van der Waals surface area contributed by atoms with Crippen LogP contribution in [0.2, 0.25) is 0 Å². The molecule has 0 bridgehead atoms. The van der Waals surface area contributed by atoms with Gasteiger partial charge in [0.05, 0.1) is 10.6 Å². The van der Waals surface area contributed by atoms with E-state index in [1.165, 1.54) is 24.3 Å². The van der Waals surface area contributed by atoms with Crippen LogP contribution in [0.4, 0.5) is 33.2 Å². The number of anilines is 4. The van der Waals surface area contributed by atoms with Gasteiger partial charge in [0.15, 0.2) is 5.75 Å². The van der Waals surface area contributed by atoms with Crippen molar-refractivity contribution in [2.75, 3.05) is 30.0 Å². The van der Waals surface area contributed by atoms with Crippen molar-refractivity contribution >= 4 is 34.6 Å². The third-order valence-electron chi connectivity index (χ3n) is 3.17. The molecule has 126 valence electrons. The number of nitrogens with one attached hydrogen (secondary N) is 1. The molecule has 0 aliphatic rings. The minimum absolute atomic E-state index is 0.0276. The molecule has 9 nitrogen and oxygen atoms in total. The molecule has 4 N–H and O–H groups in total. The van der Waals surface area contributed by atoms with Crippen LogP contribution in [0.15, 0.2) is 36.4 Å². The fourth-order valence-electron chi connectivity index (χ4n) is 2.02. The Labute approximate surface area is 137 Å². The van der Waals surface area contributed by atoms with E-state index >= 15 is 0 Å². The van der Waals surface area contributed by atoms with Crippen molar-refractivity contribution in [2.45, 2.75) is 0 Å². The maximum Gasteiger partial charge on any atom is 0.511 e. The van der Waals surface area contributed by atoms with Crippen LogP contribution in [0.5, 0.6) is 5.75 Å². The molecule has 0 saturated carbocycles. The summed E-state index contributed by atoms with van der Waals surface area (Å²) >= 11 is 0. The summed E-state index contributed by atoms with van der Waals surface area (Å²) in [6.07, 6.45) is -1.49. The number of carboxylic acid groups (broad SMARTS) is 1. The van der Waals surface area contributed by atoms with Crippen molar-refractivity contribution in [3.8, 4) is 5.75 Å². The third kappa shape index (κ3) is 3.83. The number of nitro groups is 1.